The Kier molecular flexibility index (Phi) is 2.04. The van der Waals surface area contributed by atoms with E-state index in [4.69, 9.17) is 5.73 Å². The number of fused-ring (bicyclic) bond motifs is 2. The van der Waals surface area contributed by atoms with Crippen LogP contribution in [0.1, 0.15) is 0 Å². The maximum absolute atomic E-state index is 5.72. The van der Waals surface area contributed by atoms with Crippen LogP contribution in [-0.4, -0.2) is 24.6 Å². The molecule has 3 heterocycles. The molecule has 1 aromatic carbocycles. The smallest absolute Gasteiger partial charge is 0.181 e. The van der Waals surface area contributed by atoms with E-state index in [9.17, 15) is 0 Å². The zero-order valence-corrected chi connectivity index (χ0v) is 10.5. The second-order valence-electron chi connectivity index (χ2n) is 4.06. The number of nitrogens with zero attached hydrogens (tertiary/aromatic N) is 5. The minimum Gasteiger partial charge on any atom is -0.375 e. The number of hydrogen-bond acceptors (Lipinski definition) is 6. The molecule has 19 heavy (non-hydrogen) atoms. The summed E-state index contributed by atoms with van der Waals surface area (Å²) < 4.78 is 2.94. The van der Waals surface area contributed by atoms with E-state index in [0.29, 0.717) is 5.13 Å². The molecule has 4 rings (SSSR count). The van der Waals surface area contributed by atoms with Gasteiger partial charge in [0.1, 0.15) is 0 Å². The predicted molar refractivity (Wildman–Crippen MR) is 73.8 cm³/mol. The first-order valence-electron chi connectivity index (χ1n) is 5.62. The van der Waals surface area contributed by atoms with E-state index in [1.807, 2.05) is 28.8 Å². The lowest BCUT2D eigenvalue weighted by molar-refractivity contribution is 1.11. The number of rotatable bonds is 1. The van der Waals surface area contributed by atoms with Gasteiger partial charge in [0, 0.05) is 18.0 Å². The molecule has 7 heteroatoms. The maximum atomic E-state index is 5.72. The molecule has 0 aliphatic rings. The van der Waals surface area contributed by atoms with Gasteiger partial charge in [0.2, 0.25) is 0 Å². The molecule has 0 spiro atoms. The number of anilines is 1. The van der Waals surface area contributed by atoms with Crippen LogP contribution in [0, 0.1) is 0 Å². The van der Waals surface area contributed by atoms with Crippen molar-refractivity contribution >= 4 is 32.3 Å². The predicted octanol–water partition coefficient (Wildman–Crippen LogP) is 1.98. The second-order valence-corrected chi connectivity index (χ2v) is 5.12. The lowest BCUT2D eigenvalue weighted by Crippen LogP contribution is -1.89. The van der Waals surface area contributed by atoms with Crippen molar-refractivity contribution in [2.24, 2.45) is 0 Å². The molecular weight excluding hydrogens is 260 g/mol. The monoisotopic (exact) mass is 268 g/mol. The average Bonchev–Trinajstić information content (AvgIpc) is 2.99. The number of thiazole rings is 1. The molecule has 0 atom stereocenters. The Morgan fingerprint density at radius 3 is 3.11 bits per heavy atom. The highest BCUT2D eigenvalue weighted by Gasteiger charge is 2.09. The van der Waals surface area contributed by atoms with Gasteiger partial charge in [-0.1, -0.05) is 11.3 Å². The molecule has 0 saturated heterocycles. The summed E-state index contributed by atoms with van der Waals surface area (Å²) >= 11 is 1.47. The van der Waals surface area contributed by atoms with E-state index in [1.54, 1.807) is 12.4 Å². The van der Waals surface area contributed by atoms with Crippen molar-refractivity contribution in [3.8, 4) is 11.4 Å². The zero-order chi connectivity index (χ0) is 12.8. The highest BCUT2D eigenvalue weighted by atomic mass is 32.1. The Morgan fingerprint density at radius 1 is 1.21 bits per heavy atom. The fourth-order valence-electron chi connectivity index (χ4n) is 2.03. The minimum absolute atomic E-state index is 0.572. The Hall–Kier alpha value is -2.54. The second kappa shape index (κ2) is 3.72. The van der Waals surface area contributed by atoms with Crippen LogP contribution in [0.2, 0.25) is 0 Å². The van der Waals surface area contributed by atoms with Crippen LogP contribution < -0.4 is 5.73 Å². The molecule has 92 valence electrons. The summed E-state index contributed by atoms with van der Waals surface area (Å²) in [5, 5.41) is 8.87. The first kappa shape index (κ1) is 10.4. The lowest BCUT2D eigenvalue weighted by atomic mass is 10.2. The van der Waals surface area contributed by atoms with Crippen LogP contribution >= 0.6 is 11.3 Å². The van der Waals surface area contributed by atoms with E-state index in [2.05, 4.69) is 20.2 Å². The van der Waals surface area contributed by atoms with Gasteiger partial charge in [-0.2, -0.15) is 0 Å². The quantitative estimate of drug-likeness (QED) is 0.571. The molecule has 0 fully saturated rings. The number of hydrogen-bond donors (Lipinski definition) is 1. The van der Waals surface area contributed by atoms with E-state index in [0.717, 1.165) is 27.3 Å². The van der Waals surface area contributed by atoms with Gasteiger partial charge in [0.15, 0.2) is 16.6 Å². The van der Waals surface area contributed by atoms with Crippen LogP contribution in [0.25, 0.3) is 27.3 Å². The largest absolute Gasteiger partial charge is 0.375 e. The highest BCUT2D eigenvalue weighted by Crippen LogP contribution is 2.28. The van der Waals surface area contributed by atoms with E-state index in [1.165, 1.54) is 11.3 Å². The van der Waals surface area contributed by atoms with Crippen molar-refractivity contribution in [3.05, 3.63) is 36.8 Å². The third-order valence-corrected chi connectivity index (χ3v) is 3.72. The van der Waals surface area contributed by atoms with Crippen molar-refractivity contribution < 1.29 is 0 Å². The lowest BCUT2D eigenvalue weighted by Gasteiger charge is -1.99. The van der Waals surface area contributed by atoms with Gasteiger partial charge in [-0.25, -0.2) is 4.98 Å². The van der Waals surface area contributed by atoms with Crippen molar-refractivity contribution in [3.63, 3.8) is 0 Å². The molecule has 0 saturated carbocycles. The van der Waals surface area contributed by atoms with Crippen LogP contribution in [0.5, 0.6) is 0 Å². The van der Waals surface area contributed by atoms with Crippen LogP contribution in [0.15, 0.2) is 36.8 Å². The fourth-order valence-corrected chi connectivity index (χ4v) is 2.81. The highest BCUT2D eigenvalue weighted by molar-refractivity contribution is 7.22. The van der Waals surface area contributed by atoms with Gasteiger partial charge < -0.3 is 5.73 Å². The first-order valence-corrected chi connectivity index (χ1v) is 6.44. The van der Waals surface area contributed by atoms with Crippen molar-refractivity contribution in [1.82, 2.24) is 24.6 Å². The summed E-state index contributed by atoms with van der Waals surface area (Å²) in [6.07, 6.45) is 5.23. The molecule has 2 N–H and O–H groups in total. The first-order chi connectivity index (χ1) is 9.31. The summed E-state index contributed by atoms with van der Waals surface area (Å²) in [5.41, 5.74) is 8.33. The third kappa shape index (κ3) is 1.55. The molecule has 0 aliphatic heterocycles. The Balaban J connectivity index is 1.98. The van der Waals surface area contributed by atoms with Crippen molar-refractivity contribution in [2.45, 2.75) is 0 Å². The van der Waals surface area contributed by atoms with E-state index >= 15 is 0 Å². The summed E-state index contributed by atoms with van der Waals surface area (Å²) in [7, 11) is 0. The summed E-state index contributed by atoms with van der Waals surface area (Å²) in [6.45, 7) is 0. The Labute approximate surface area is 111 Å². The molecule has 3 aromatic heterocycles. The molecule has 0 bridgehead atoms. The molecule has 0 amide bonds. The van der Waals surface area contributed by atoms with Crippen LogP contribution in [0.4, 0.5) is 5.13 Å². The minimum atomic E-state index is 0.572. The van der Waals surface area contributed by atoms with Gasteiger partial charge >= 0.3 is 0 Å². The topological polar surface area (TPSA) is 82.0 Å². The standard InChI is InChI=1S/C12H8N6S/c13-12-15-8-2-1-7(5-9(8)19-12)11-17-16-10-6-14-3-4-18(10)11/h1-6H,(H2,13,15). The summed E-state index contributed by atoms with van der Waals surface area (Å²) in [5.74, 6) is 0.784. The van der Waals surface area contributed by atoms with Crippen molar-refractivity contribution in [2.75, 3.05) is 5.73 Å². The molecule has 0 radical (unpaired) electrons. The third-order valence-electron chi connectivity index (χ3n) is 2.88. The number of benzene rings is 1. The van der Waals surface area contributed by atoms with E-state index in [-0.39, 0.29) is 0 Å². The molecule has 0 unspecified atom stereocenters. The van der Waals surface area contributed by atoms with Crippen molar-refractivity contribution in [1.29, 1.82) is 0 Å². The summed E-state index contributed by atoms with van der Waals surface area (Å²) in [4.78, 5) is 8.27. The number of nitrogen functional groups attached to an aromatic ring is 1. The number of aromatic nitrogens is 5. The Bertz CT molecular complexity index is 893. The molecular formula is C12H8N6S. The molecule has 0 aliphatic carbocycles. The van der Waals surface area contributed by atoms with Gasteiger partial charge in [0.25, 0.3) is 0 Å². The zero-order valence-electron chi connectivity index (χ0n) is 9.69. The van der Waals surface area contributed by atoms with Gasteiger partial charge in [0.05, 0.1) is 16.4 Å². The maximum Gasteiger partial charge on any atom is 0.181 e. The number of nitrogens with two attached hydrogens (primary N) is 1. The van der Waals surface area contributed by atoms with Crippen LogP contribution in [-0.2, 0) is 0 Å². The molecule has 4 aromatic rings. The normalized spacial score (nSPS) is 11.4. The van der Waals surface area contributed by atoms with Gasteiger partial charge in [-0.3, -0.25) is 9.38 Å². The van der Waals surface area contributed by atoms with E-state index < -0.39 is 0 Å². The SMILES string of the molecule is Nc1nc2ccc(-c3nnc4cnccn34)cc2s1. The average molecular weight is 268 g/mol. The molecule has 6 nitrogen and oxygen atoms in total. The van der Waals surface area contributed by atoms with Crippen LogP contribution in [0.3, 0.4) is 0 Å². The summed E-state index contributed by atoms with van der Waals surface area (Å²) in [6, 6.07) is 5.94. The van der Waals surface area contributed by atoms with Gasteiger partial charge in [-0.15, -0.1) is 10.2 Å². The Morgan fingerprint density at radius 2 is 2.16 bits per heavy atom. The fraction of sp³-hybridized carbons (Fsp3) is 0. The van der Waals surface area contributed by atoms with Gasteiger partial charge in [-0.05, 0) is 18.2 Å².